The Morgan fingerprint density at radius 2 is 1.23 bits per heavy atom. The predicted octanol–water partition coefficient (Wildman–Crippen LogP) is 7.16. The average molecular weight is 576 g/mol. The first-order valence-corrected chi connectivity index (χ1v) is 15.8. The van der Waals surface area contributed by atoms with Crippen LogP contribution in [0.25, 0.3) is 32.0 Å². The van der Waals surface area contributed by atoms with E-state index >= 15 is 0 Å². The van der Waals surface area contributed by atoms with Crippen molar-refractivity contribution >= 4 is 28.6 Å². The van der Waals surface area contributed by atoms with Crippen LogP contribution in [0.2, 0.25) is 0 Å². The Morgan fingerprint density at radius 3 is 1.68 bits per heavy atom. The van der Waals surface area contributed by atoms with Gasteiger partial charge in [0.15, 0.2) is 0 Å². The zero-order valence-corrected chi connectivity index (χ0v) is 25.9. The number of amides is 1. The molecule has 212 valence electrons. The minimum atomic E-state index is -0.482. The van der Waals surface area contributed by atoms with Crippen LogP contribution in [0.5, 0.6) is 0 Å². The molecule has 1 atom stereocenters. The van der Waals surface area contributed by atoms with Gasteiger partial charge in [-0.25, -0.2) is 9.97 Å². The second kappa shape index (κ2) is 14.1. The normalized spacial score (nSPS) is 12.3. The van der Waals surface area contributed by atoms with Crippen molar-refractivity contribution in [3.05, 3.63) is 70.9 Å². The van der Waals surface area contributed by atoms with E-state index in [9.17, 15) is 4.79 Å². The first-order valence-electron chi connectivity index (χ1n) is 14.1. The quantitative estimate of drug-likeness (QED) is 0.183. The van der Waals surface area contributed by atoms with Gasteiger partial charge in [0.1, 0.15) is 10.0 Å². The summed E-state index contributed by atoms with van der Waals surface area (Å²) in [5.41, 5.74) is 10.8. The maximum atomic E-state index is 12.9. The van der Waals surface area contributed by atoms with E-state index in [0.717, 1.165) is 46.4 Å². The number of nitrogens with two attached hydrogens (primary N) is 1. The highest BCUT2D eigenvalue weighted by atomic mass is 32.1. The molecule has 0 aliphatic rings. The topological polar surface area (TPSA) is 75.4 Å². The molecule has 1 unspecified atom stereocenters. The van der Waals surface area contributed by atoms with Gasteiger partial charge in [-0.1, -0.05) is 76.2 Å². The Kier molecular flexibility index (Phi) is 10.6. The monoisotopic (exact) mass is 575 g/mol. The number of rotatable bonds is 13. The lowest BCUT2D eigenvalue weighted by atomic mass is 10.0. The van der Waals surface area contributed by atoms with Crippen LogP contribution < -0.4 is 5.73 Å². The fraction of sp³-hybridized carbons (Fsp3) is 0.406. The van der Waals surface area contributed by atoms with Gasteiger partial charge < -0.3 is 10.6 Å². The Morgan fingerprint density at radius 1 is 0.775 bits per heavy atom. The van der Waals surface area contributed by atoms with E-state index < -0.39 is 6.04 Å². The summed E-state index contributed by atoms with van der Waals surface area (Å²) in [7, 11) is 2.15. The molecule has 0 fully saturated rings. The van der Waals surface area contributed by atoms with Gasteiger partial charge in [-0.05, 0) is 54.6 Å². The van der Waals surface area contributed by atoms with Gasteiger partial charge in [-0.2, -0.15) is 0 Å². The van der Waals surface area contributed by atoms with Crippen molar-refractivity contribution < 1.29 is 4.79 Å². The molecule has 1 amide bonds. The summed E-state index contributed by atoms with van der Waals surface area (Å²) in [5.74, 6) is 0.107. The number of aromatic nitrogens is 2. The van der Waals surface area contributed by atoms with E-state index in [2.05, 4.69) is 84.3 Å². The fourth-order valence-corrected chi connectivity index (χ4v) is 6.52. The van der Waals surface area contributed by atoms with Crippen molar-refractivity contribution in [2.75, 3.05) is 20.1 Å². The number of benzene rings is 2. The van der Waals surface area contributed by atoms with Crippen molar-refractivity contribution in [1.82, 2.24) is 19.8 Å². The number of hydrogen-bond donors (Lipinski definition) is 1. The Labute approximate surface area is 246 Å². The molecular formula is C32H41N5OS2. The van der Waals surface area contributed by atoms with Gasteiger partial charge in [0.25, 0.3) is 0 Å². The molecule has 0 aliphatic carbocycles. The molecule has 2 N–H and O–H groups in total. The number of nitrogens with zero attached hydrogens (tertiary/aromatic N) is 4. The molecule has 2 aromatic heterocycles. The first-order chi connectivity index (χ1) is 19.3. The largest absolute Gasteiger partial charge is 0.335 e. The molecule has 2 heterocycles. The summed E-state index contributed by atoms with van der Waals surface area (Å²) < 4.78 is 0. The van der Waals surface area contributed by atoms with Crippen molar-refractivity contribution in [3.63, 3.8) is 0 Å². The number of thiazole rings is 2. The van der Waals surface area contributed by atoms with E-state index in [0.29, 0.717) is 13.1 Å². The molecule has 4 rings (SSSR count). The molecular weight excluding hydrogens is 535 g/mol. The van der Waals surface area contributed by atoms with E-state index in [1.54, 1.807) is 22.7 Å². The van der Waals surface area contributed by atoms with E-state index in [-0.39, 0.29) is 11.8 Å². The highest BCUT2D eigenvalue weighted by Crippen LogP contribution is 2.32. The maximum absolute atomic E-state index is 12.9. The minimum absolute atomic E-state index is 0.000619. The van der Waals surface area contributed by atoms with E-state index in [1.165, 1.54) is 21.6 Å². The molecule has 0 saturated carbocycles. The molecule has 4 aromatic rings. The Hall–Kier alpha value is -2.91. The maximum Gasteiger partial charge on any atom is 0.240 e. The second-order valence-corrected chi connectivity index (χ2v) is 12.9. The van der Waals surface area contributed by atoms with Crippen LogP contribution in [-0.4, -0.2) is 51.9 Å². The zero-order valence-electron chi connectivity index (χ0n) is 24.3. The number of carbonyl (C=O) groups excluding carboxylic acids is 1. The third-order valence-corrected chi connectivity index (χ3v) is 8.99. The fourth-order valence-electron chi connectivity index (χ4n) is 4.58. The third kappa shape index (κ3) is 7.63. The molecule has 0 aliphatic heterocycles. The number of hydrogen-bond acceptors (Lipinski definition) is 7. The van der Waals surface area contributed by atoms with Gasteiger partial charge in [0.2, 0.25) is 5.91 Å². The molecule has 0 bridgehead atoms. The summed E-state index contributed by atoms with van der Waals surface area (Å²) in [6, 6.07) is 16.8. The van der Waals surface area contributed by atoms with Crippen LogP contribution >= 0.6 is 22.7 Å². The lowest BCUT2D eigenvalue weighted by Crippen LogP contribution is -2.46. The Bertz CT molecular complexity index is 1360. The van der Waals surface area contributed by atoms with Gasteiger partial charge >= 0.3 is 0 Å². The molecule has 0 spiro atoms. The summed E-state index contributed by atoms with van der Waals surface area (Å²) in [4.78, 5) is 28.6. The van der Waals surface area contributed by atoms with Crippen LogP contribution in [0.15, 0.2) is 60.9 Å². The van der Waals surface area contributed by atoms with Gasteiger partial charge in [-0.15, -0.1) is 22.7 Å². The van der Waals surface area contributed by atoms with Crippen molar-refractivity contribution in [2.45, 2.75) is 59.7 Å². The lowest BCUT2D eigenvalue weighted by Gasteiger charge is -2.26. The lowest BCUT2D eigenvalue weighted by molar-refractivity contribution is -0.134. The van der Waals surface area contributed by atoms with Crippen LogP contribution in [0.4, 0.5) is 0 Å². The average Bonchev–Trinajstić information content (AvgIpc) is 3.62. The second-order valence-electron chi connectivity index (χ2n) is 10.7. The van der Waals surface area contributed by atoms with Gasteiger partial charge in [0.05, 0.1) is 28.9 Å². The number of carbonyl (C=O) groups is 1. The molecule has 0 saturated heterocycles. The summed E-state index contributed by atoms with van der Waals surface area (Å²) in [6.45, 7) is 11.4. The van der Waals surface area contributed by atoms with Crippen molar-refractivity contribution in [3.8, 4) is 32.0 Å². The highest BCUT2D eigenvalue weighted by molar-refractivity contribution is 7.15. The predicted molar refractivity (Wildman–Crippen MR) is 169 cm³/mol. The van der Waals surface area contributed by atoms with E-state index in [1.807, 2.05) is 31.1 Å². The molecule has 40 heavy (non-hydrogen) atoms. The van der Waals surface area contributed by atoms with Crippen LogP contribution in [0.3, 0.4) is 0 Å². The van der Waals surface area contributed by atoms with Gasteiger partial charge in [-0.3, -0.25) is 9.69 Å². The van der Waals surface area contributed by atoms with Crippen LogP contribution in [0.1, 0.15) is 50.6 Å². The highest BCUT2D eigenvalue weighted by Gasteiger charge is 2.24. The molecule has 6 nitrogen and oxygen atoms in total. The smallest absolute Gasteiger partial charge is 0.240 e. The SMILES string of the molecule is CCCN(C)Cc1ncc(-c2ccc(-c3ccc(-c4cnc(CN(CCC)C(=O)C(N)C(C)C)s4)cc3)cc2)s1. The first kappa shape index (κ1) is 30.1. The molecule has 0 radical (unpaired) electrons. The summed E-state index contributed by atoms with van der Waals surface area (Å²) in [6.07, 6.45) is 5.93. The van der Waals surface area contributed by atoms with Gasteiger partial charge in [0, 0.05) is 18.9 Å². The van der Waals surface area contributed by atoms with Crippen LogP contribution in [0, 0.1) is 5.92 Å². The Balaban J connectivity index is 1.41. The molecule has 2 aromatic carbocycles. The van der Waals surface area contributed by atoms with Crippen LogP contribution in [-0.2, 0) is 17.9 Å². The van der Waals surface area contributed by atoms with Crippen molar-refractivity contribution in [1.29, 1.82) is 0 Å². The van der Waals surface area contributed by atoms with E-state index in [4.69, 9.17) is 5.73 Å². The standard InChI is InChI=1S/C32H41N5OS2/c1-6-16-36(5)20-29-34-18-27(39-29)25-12-8-23(9-13-25)24-10-14-26(15-11-24)28-19-35-30(40-28)21-37(17-7-2)32(38)31(33)22(3)4/h8-15,18-19,22,31H,6-7,16-17,20-21,33H2,1-5H3. The molecule has 8 heteroatoms. The third-order valence-electron chi connectivity index (χ3n) is 6.92. The summed E-state index contributed by atoms with van der Waals surface area (Å²) >= 11 is 3.40. The van der Waals surface area contributed by atoms with Crippen molar-refractivity contribution in [2.24, 2.45) is 11.7 Å². The zero-order chi connectivity index (χ0) is 28.6. The summed E-state index contributed by atoms with van der Waals surface area (Å²) in [5, 5.41) is 2.08. The minimum Gasteiger partial charge on any atom is -0.335 e.